The van der Waals surface area contributed by atoms with E-state index >= 15 is 0 Å². The Morgan fingerprint density at radius 1 is 1.32 bits per heavy atom. The molecule has 3 N–H and O–H groups in total. The minimum Gasteiger partial charge on any atom is -0.469 e. The molecule has 0 radical (unpaired) electrons. The van der Waals surface area contributed by atoms with Crippen LogP contribution in [0.15, 0.2) is 24.3 Å². The zero-order chi connectivity index (χ0) is 20.8. The fourth-order valence-electron chi connectivity index (χ4n) is 2.65. The molecule has 2 rings (SSSR count). The van der Waals surface area contributed by atoms with Gasteiger partial charge >= 0.3 is 5.97 Å². The van der Waals surface area contributed by atoms with E-state index in [0.717, 1.165) is 0 Å². The summed E-state index contributed by atoms with van der Waals surface area (Å²) >= 11 is 6.22. The summed E-state index contributed by atoms with van der Waals surface area (Å²) in [5.41, 5.74) is 7.07. The Morgan fingerprint density at radius 2 is 2.04 bits per heavy atom. The molecular formula is C19H24ClN5O3. The molecule has 0 aliphatic carbocycles. The average Bonchev–Trinajstić information content (AvgIpc) is 2.62. The van der Waals surface area contributed by atoms with Crippen molar-refractivity contribution in [2.75, 3.05) is 36.7 Å². The molecule has 0 spiro atoms. The third-order valence-electron chi connectivity index (χ3n) is 3.84. The van der Waals surface area contributed by atoms with Gasteiger partial charge in [-0.3, -0.25) is 9.59 Å². The van der Waals surface area contributed by atoms with Gasteiger partial charge in [0.1, 0.15) is 0 Å². The smallest absolute Gasteiger partial charge is 0.309 e. The number of nitrogens with two attached hydrogens (primary N) is 1. The molecule has 0 saturated carbocycles. The van der Waals surface area contributed by atoms with E-state index < -0.39 is 5.91 Å². The second kappa shape index (κ2) is 9.36. The van der Waals surface area contributed by atoms with Gasteiger partial charge in [0.2, 0.25) is 0 Å². The molecule has 0 saturated heterocycles. The first-order chi connectivity index (χ1) is 13.2. The maximum Gasteiger partial charge on any atom is 0.309 e. The number of nitrogens with zero attached hydrogens (tertiary/aromatic N) is 3. The first-order valence-corrected chi connectivity index (χ1v) is 9.10. The second-order valence-corrected chi connectivity index (χ2v) is 7.11. The van der Waals surface area contributed by atoms with E-state index in [0.29, 0.717) is 29.5 Å². The van der Waals surface area contributed by atoms with Gasteiger partial charge in [0.25, 0.3) is 5.91 Å². The molecule has 0 fully saturated rings. The van der Waals surface area contributed by atoms with Crippen molar-refractivity contribution in [1.82, 2.24) is 9.97 Å². The number of aromatic nitrogens is 2. The molecule has 1 aromatic heterocycles. The maximum absolute atomic E-state index is 12.6. The highest BCUT2D eigenvalue weighted by Crippen LogP contribution is 2.24. The topological polar surface area (TPSA) is 110 Å². The number of nitrogen functional groups attached to an aromatic ring is 1. The first kappa shape index (κ1) is 21.4. The highest BCUT2D eigenvalue weighted by Gasteiger charge is 2.19. The molecule has 0 bridgehead atoms. The lowest BCUT2D eigenvalue weighted by atomic mass is 10.1. The number of anilines is 3. The third kappa shape index (κ3) is 5.56. The molecule has 8 nitrogen and oxygen atoms in total. The number of carbonyl (C=O) groups excluding carboxylic acids is 2. The second-order valence-electron chi connectivity index (χ2n) is 6.75. The fourth-order valence-corrected chi connectivity index (χ4v) is 2.92. The van der Waals surface area contributed by atoms with E-state index in [4.69, 9.17) is 17.3 Å². The van der Waals surface area contributed by atoms with Crippen molar-refractivity contribution in [2.24, 2.45) is 5.92 Å². The van der Waals surface area contributed by atoms with Crippen LogP contribution < -0.4 is 16.0 Å². The van der Waals surface area contributed by atoms with Crippen molar-refractivity contribution in [3.8, 4) is 0 Å². The standard InChI is InChI=1S/C19H24ClN5O3/c1-11(2)10-25(3)18-16(20)23-15(17(21)24-18)19(27)22-13-7-5-6-12(8-13)9-14(26)28-4/h5-8,11H,9-10H2,1-4H3,(H2,21,24)(H,22,27). The van der Waals surface area contributed by atoms with Crippen molar-refractivity contribution in [2.45, 2.75) is 20.3 Å². The Balaban J connectivity index is 2.20. The van der Waals surface area contributed by atoms with Gasteiger partial charge in [0.05, 0.1) is 13.5 Å². The van der Waals surface area contributed by atoms with Crippen LogP contribution in [-0.4, -0.2) is 42.5 Å². The Morgan fingerprint density at radius 3 is 2.68 bits per heavy atom. The van der Waals surface area contributed by atoms with Crippen LogP contribution in [0.25, 0.3) is 0 Å². The normalized spacial score (nSPS) is 10.6. The number of halogens is 1. The molecule has 1 amide bonds. The van der Waals surface area contributed by atoms with E-state index in [1.165, 1.54) is 7.11 Å². The summed E-state index contributed by atoms with van der Waals surface area (Å²) in [6.45, 7) is 4.85. The lowest BCUT2D eigenvalue weighted by molar-refractivity contribution is -0.139. The van der Waals surface area contributed by atoms with Gasteiger partial charge < -0.3 is 20.7 Å². The van der Waals surface area contributed by atoms with Gasteiger partial charge in [-0.15, -0.1) is 0 Å². The molecule has 150 valence electrons. The number of hydrogen-bond donors (Lipinski definition) is 2. The van der Waals surface area contributed by atoms with Crippen LogP contribution in [-0.2, 0) is 16.0 Å². The van der Waals surface area contributed by atoms with Crippen molar-refractivity contribution < 1.29 is 14.3 Å². The number of hydrogen-bond acceptors (Lipinski definition) is 7. The molecule has 0 atom stereocenters. The maximum atomic E-state index is 12.6. The van der Waals surface area contributed by atoms with Gasteiger partial charge in [-0.1, -0.05) is 37.6 Å². The fraction of sp³-hybridized carbons (Fsp3) is 0.368. The van der Waals surface area contributed by atoms with Crippen LogP contribution >= 0.6 is 11.6 Å². The highest BCUT2D eigenvalue weighted by molar-refractivity contribution is 6.32. The number of amides is 1. The summed E-state index contributed by atoms with van der Waals surface area (Å²) < 4.78 is 4.65. The van der Waals surface area contributed by atoms with E-state index in [-0.39, 0.29) is 29.1 Å². The monoisotopic (exact) mass is 405 g/mol. The molecule has 9 heteroatoms. The number of ether oxygens (including phenoxy) is 1. The van der Waals surface area contributed by atoms with Crippen LogP contribution in [0.5, 0.6) is 0 Å². The Bertz CT molecular complexity index is 873. The van der Waals surface area contributed by atoms with Crippen LogP contribution in [0, 0.1) is 5.92 Å². The summed E-state index contributed by atoms with van der Waals surface area (Å²) in [6, 6.07) is 6.84. The van der Waals surface area contributed by atoms with Gasteiger partial charge in [-0.25, -0.2) is 9.97 Å². The Hall–Kier alpha value is -2.87. The number of benzene rings is 1. The highest BCUT2D eigenvalue weighted by atomic mass is 35.5. The zero-order valence-corrected chi connectivity index (χ0v) is 17.1. The summed E-state index contributed by atoms with van der Waals surface area (Å²) in [7, 11) is 3.16. The number of nitrogens with one attached hydrogen (secondary N) is 1. The Kier molecular flexibility index (Phi) is 7.17. The third-order valence-corrected chi connectivity index (χ3v) is 4.09. The van der Waals surface area contributed by atoms with Gasteiger partial charge in [0.15, 0.2) is 22.5 Å². The summed E-state index contributed by atoms with van der Waals surface area (Å²) in [5, 5.41) is 2.79. The SMILES string of the molecule is COC(=O)Cc1cccc(NC(=O)c2nc(Cl)c(N(C)CC(C)C)nc2N)c1. The Labute approximate surface area is 169 Å². The molecule has 28 heavy (non-hydrogen) atoms. The number of esters is 1. The molecule has 0 unspecified atom stereocenters. The first-order valence-electron chi connectivity index (χ1n) is 8.72. The zero-order valence-electron chi connectivity index (χ0n) is 16.3. The van der Waals surface area contributed by atoms with E-state index in [1.807, 2.05) is 11.9 Å². The molecule has 0 aliphatic heterocycles. The van der Waals surface area contributed by atoms with Crippen LogP contribution in [0.1, 0.15) is 29.9 Å². The number of methoxy groups -OCH3 is 1. The van der Waals surface area contributed by atoms with Gasteiger partial charge in [-0.05, 0) is 23.6 Å². The van der Waals surface area contributed by atoms with Crippen molar-refractivity contribution in [1.29, 1.82) is 0 Å². The largest absolute Gasteiger partial charge is 0.469 e. The van der Waals surface area contributed by atoms with Crippen LogP contribution in [0.2, 0.25) is 5.15 Å². The van der Waals surface area contributed by atoms with Crippen LogP contribution in [0.3, 0.4) is 0 Å². The van der Waals surface area contributed by atoms with E-state index in [9.17, 15) is 9.59 Å². The summed E-state index contributed by atoms with van der Waals surface area (Å²) in [5.74, 6) is -0.112. The molecule has 1 heterocycles. The van der Waals surface area contributed by atoms with E-state index in [2.05, 4.69) is 33.9 Å². The molecule has 2 aromatic rings. The summed E-state index contributed by atoms with van der Waals surface area (Å²) in [4.78, 5) is 34.2. The van der Waals surface area contributed by atoms with Gasteiger partial charge in [-0.2, -0.15) is 0 Å². The minimum absolute atomic E-state index is 0.0155. The summed E-state index contributed by atoms with van der Waals surface area (Å²) in [6.07, 6.45) is 0.102. The lowest BCUT2D eigenvalue weighted by Gasteiger charge is -2.21. The van der Waals surface area contributed by atoms with Crippen molar-refractivity contribution in [3.63, 3.8) is 0 Å². The molecule has 1 aromatic carbocycles. The van der Waals surface area contributed by atoms with E-state index in [1.54, 1.807) is 24.3 Å². The molecule has 0 aliphatic rings. The van der Waals surface area contributed by atoms with Gasteiger partial charge in [0, 0.05) is 19.3 Å². The quantitative estimate of drug-likeness (QED) is 0.681. The minimum atomic E-state index is -0.541. The van der Waals surface area contributed by atoms with Crippen LogP contribution in [0.4, 0.5) is 17.3 Å². The number of rotatable bonds is 7. The molecular weight excluding hydrogens is 382 g/mol. The van der Waals surface area contributed by atoms with Crippen molar-refractivity contribution in [3.05, 3.63) is 40.7 Å². The predicted molar refractivity (Wildman–Crippen MR) is 110 cm³/mol. The lowest BCUT2D eigenvalue weighted by Crippen LogP contribution is -2.26. The van der Waals surface area contributed by atoms with Crippen molar-refractivity contribution >= 4 is 40.8 Å². The number of carbonyl (C=O) groups is 2. The average molecular weight is 406 g/mol. The predicted octanol–water partition coefficient (Wildman–Crippen LogP) is 2.77.